The Morgan fingerprint density at radius 3 is 2.63 bits per heavy atom. The molecule has 35 heavy (non-hydrogen) atoms. The first-order valence-corrected chi connectivity index (χ1v) is 14.4. The summed E-state index contributed by atoms with van der Waals surface area (Å²) in [5.74, 6) is 1.66. The number of ketones is 1. The van der Waals surface area contributed by atoms with Crippen LogP contribution in [0.3, 0.4) is 0 Å². The second-order valence-electron chi connectivity index (χ2n) is 10.9. The number of Topliss-reactive ketones (excluding diaryl/α,β-unsaturated/α-hetero) is 1. The molecule has 2 aromatic carbocycles. The Balaban J connectivity index is 0.956. The summed E-state index contributed by atoms with van der Waals surface area (Å²) in [6, 6.07) is 14.4. The van der Waals surface area contributed by atoms with E-state index in [4.69, 9.17) is 9.72 Å². The summed E-state index contributed by atoms with van der Waals surface area (Å²) in [6.07, 6.45) is 12.1. The van der Waals surface area contributed by atoms with Crippen molar-refractivity contribution < 1.29 is 9.53 Å². The van der Waals surface area contributed by atoms with Crippen molar-refractivity contribution >= 4 is 27.9 Å². The number of aromatic nitrogens is 1. The fraction of sp³-hybridized carbons (Fsp3) is 0.533. The molecule has 0 unspecified atom stereocenters. The third-order valence-corrected chi connectivity index (χ3v) is 9.54. The Bertz CT molecular complexity index is 1170. The second kappa shape index (κ2) is 10.4. The summed E-state index contributed by atoms with van der Waals surface area (Å²) in [5.41, 5.74) is 2.16. The van der Waals surface area contributed by atoms with Crippen molar-refractivity contribution in [1.82, 2.24) is 9.88 Å². The molecule has 5 heteroatoms. The van der Waals surface area contributed by atoms with Crippen molar-refractivity contribution in [3.63, 3.8) is 0 Å². The molecule has 0 radical (unpaired) electrons. The lowest BCUT2D eigenvalue weighted by Crippen LogP contribution is -2.32. The quantitative estimate of drug-likeness (QED) is 0.319. The molecule has 4 nitrogen and oxygen atoms in total. The predicted molar refractivity (Wildman–Crippen MR) is 142 cm³/mol. The molecule has 0 spiro atoms. The molecule has 2 heterocycles. The zero-order chi connectivity index (χ0) is 23.6. The van der Waals surface area contributed by atoms with Crippen molar-refractivity contribution in [2.45, 2.75) is 76.9 Å². The van der Waals surface area contributed by atoms with E-state index in [0.29, 0.717) is 24.2 Å². The summed E-state index contributed by atoms with van der Waals surface area (Å²) in [4.78, 5) is 21.9. The first-order valence-electron chi connectivity index (χ1n) is 13.6. The van der Waals surface area contributed by atoms with E-state index in [9.17, 15) is 4.79 Å². The van der Waals surface area contributed by atoms with E-state index in [0.717, 1.165) is 47.0 Å². The number of hydrogen-bond donors (Lipinski definition) is 0. The molecule has 3 aliphatic rings. The molecular weight excluding hydrogens is 452 g/mol. The van der Waals surface area contributed by atoms with Crippen LogP contribution in [0.2, 0.25) is 0 Å². The Morgan fingerprint density at radius 1 is 1.00 bits per heavy atom. The largest absolute Gasteiger partial charge is 0.467 e. The maximum absolute atomic E-state index is 13.1. The van der Waals surface area contributed by atoms with Crippen LogP contribution in [0, 0.1) is 11.8 Å². The minimum Gasteiger partial charge on any atom is -0.467 e. The summed E-state index contributed by atoms with van der Waals surface area (Å²) >= 11 is 1.78. The molecule has 1 aliphatic heterocycles. The molecule has 0 N–H and O–H groups in total. The normalized spacial score (nSPS) is 23.1. The number of fused-ring (bicyclic) bond motifs is 2. The molecule has 2 aliphatic carbocycles. The number of carbonyl (C=O) groups excluding carboxylic acids is 1. The van der Waals surface area contributed by atoms with Gasteiger partial charge in [-0.15, -0.1) is 0 Å². The van der Waals surface area contributed by atoms with Crippen molar-refractivity contribution in [3.8, 4) is 5.19 Å². The van der Waals surface area contributed by atoms with Gasteiger partial charge in [0.25, 0.3) is 5.19 Å². The fourth-order valence-corrected chi connectivity index (χ4v) is 7.00. The lowest BCUT2D eigenvalue weighted by molar-refractivity contribution is 0.0941. The van der Waals surface area contributed by atoms with Gasteiger partial charge in [0.2, 0.25) is 0 Å². The predicted octanol–water partition coefficient (Wildman–Crippen LogP) is 7.06. The summed E-state index contributed by atoms with van der Waals surface area (Å²) in [7, 11) is 0. The van der Waals surface area contributed by atoms with Gasteiger partial charge in [-0.25, -0.2) is 4.98 Å². The lowest BCUT2D eigenvalue weighted by atomic mass is 9.78. The first-order chi connectivity index (χ1) is 17.2. The molecule has 2 fully saturated rings. The Morgan fingerprint density at radius 2 is 1.80 bits per heavy atom. The van der Waals surface area contributed by atoms with Crippen LogP contribution in [0.25, 0.3) is 10.8 Å². The topological polar surface area (TPSA) is 42.4 Å². The highest BCUT2D eigenvalue weighted by Gasteiger charge is 2.27. The highest BCUT2D eigenvalue weighted by Crippen LogP contribution is 2.36. The van der Waals surface area contributed by atoms with E-state index in [-0.39, 0.29) is 0 Å². The number of hydrogen-bond acceptors (Lipinski definition) is 5. The van der Waals surface area contributed by atoms with Gasteiger partial charge in [0.1, 0.15) is 6.10 Å². The highest BCUT2D eigenvalue weighted by atomic mass is 32.1. The summed E-state index contributed by atoms with van der Waals surface area (Å²) in [6.45, 7) is 3.29. The van der Waals surface area contributed by atoms with Crippen molar-refractivity contribution in [1.29, 1.82) is 0 Å². The van der Waals surface area contributed by atoms with E-state index in [1.54, 1.807) is 11.3 Å². The van der Waals surface area contributed by atoms with Gasteiger partial charge in [0.05, 0.1) is 5.69 Å². The van der Waals surface area contributed by atoms with Gasteiger partial charge in [-0.1, -0.05) is 66.6 Å². The standard InChI is InChI=1S/C30H36N2O2S/c33-28(26-10-3-6-23-5-1-2-9-25(23)26)19-22-13-11-21(12-14-22)15-17-32-18-16-29-27(20-32)31-30(35-29)34-24-7-4-8-24/h1-3,5-6,9-10,21-22,24H,4,7-8,11-20H2. The first kappa shape index (κ1) is 23.2. The van der Waals surface area contributed by atoms with Crippen LogP contribution >= 0.6 is 11.3 Å². The zero-order valence-corrected chi connectivity index (χ0v) is 21.4. The van der Waals surface area contributed by atoms with Gasteiger partial charge < -0.3 is 4.74 Å². The van der Waals surface area contributed by atoms with Gasteiger partial charge >= 0.3 is 0 Å². The van der Waals surface area contributed by atoms with Gasteiger partial charge in [-0.05, 0) is 74.1 Å². The van der Waals surface area contributed by atoms with E-state index < -0.39 is 0 Å². The average Bonchev–Trinajstić information content (AvgIpc) is 3.27. The van der Waals surface area contributed by atoms with Crippen LogP contribution in [0.4, 0.5) is 0 Å². The van der Waals surface area contributed by atoms with Crippen LogP contribution in [-0.4, -0.2) is 34.9 Å². The van der Waals surface area contributed by atoms with E-state index in [1.807, 2.05) is 24.3 Å². The second-order valence-corrected chi connectivity index (χ2v) is 11.9. The van der Waals surface area contributed by atoms with Crippen LogP contribution in [0.1, 0.15) is 78.7 Å². The molecule has 0 saturated heterocycles. The SMILES string of the molecule is O=C(CC1CCC(CCN2CCc3sc(OC4CCC4)nc3C2)CC1)c1cccc2ccccc12. The highest BCUT2D eigenvalue weighted by molar-refractivity contribution is 7.13. The smallest absolute Gasteiger partial charge is 0.273 e. The maximum atomic E-state index is 13.1. The molecule has 2 saturated carbocycles. The monoisotopic (exact) mass is 488 g/mol. The minimum atomic E-state index is 0.318. The number of ether oxygens (including phenoxy) is 1. The van der Waals surface area contributed by atoms with Crippen LogP contribution < -0.4 is 4.74 Å². The van der Waals surface area contributed by atoms with Gasteiger partial charge in [-0.2, -0.15) is 0 Å². The van der Waals surface area contributed by atoms with Crippen LogP contribution in [0.5, 0.6) is 5.19 Å². The van der Waals surface area contributed by atoms with Crippen molar-refractivity contribution in [2.24, 2.45) is 11.8 Å². The van der Waals surface area contributed by atoms with E-state index in [2.05, 4.69) is 23.1 Å². The molecule has 3 aromatic rings. The van der Waals surface area contributed by atoms with Crippen LogP contribution in [0.15, 0.2) is 42.5 Å². The third kappa shape index (κ3) is 5.31. The summed E-state index contributed by atoms with van der Waals surface area (Å²) in [5, 5.41) is 3.16. The molecule has 6 rings (SSSR count). The van der Waals surface area contributed by atoms with Crippen LogP contribution in [-0.2, 0) is 13.0 Å². The molecule has 184 valence electrons. The Hall–Kier alpha value is -2.24. The number of carbonyl (C=O) groups is 1. The number of thiazole rings is 1. The molecular formula is C30H36N2O2S. The third-order valence-electron chi connectivity index (χ3n) is 8.49. The average molecular weight is 489 g/mol. The number of benzene rings is 2. The van der Waals surface area contributed by atoms with Gasteiger partial charge in [-0.3, -0.25) is 9.69 Å². The van der Waals surface area contributed by atoms with Crippen molar-refractivity contribution in [2.75, 3.05) is 13.1 Å². The Labute approximate surface area is 212 Å². The molecule has 0 bridgehead atoms. The number of rotatable bonds is 8. The number of nitrogens with zero attached hydrogens (tertiary/aromatic N) is 2. The fourth-order valence-electron chi connectivity index (χ4n) is 6.03. The molecule has 0 amide bonds. The van der Waals surface area contributed by atoms with E-state index in [1.165, 1.54) is 68.5 Å². The summed E-state index contributed by atoms with van der Waals surface area (Å²) < 4.78 is 6.05. The maximum Gasteiger partial charge on any atom is 0.273 e. The minimum absolute atomic E-state index is 0.318. The van der Waals surface area contributed by atoms with E-state index >= 15 is 0 Å². The molecule has 0 atom stereocenters. The molecule has 1 aromatic heterocycles. The van der Waals surface area contributed by atoms with Gasteiger partial charge in [0, 0.05) is 30.0 Å². The Kier molecular flexibility index (Phi) is 6.89. The zero-order valence-electron chi connectivity index (χ0n) is 20.6. The van der Waals surface area contributed by atoms with Gasteiger partial charge in [0.15, 0.2) is 5.78 Å². The van der Waals surface area contributed by atoms with Crippen molar-refractivity contribution in [3.05, 3.63) is 58.6 Å². The lowest BCUT2D eigenvalue weighted by Gasteiger charge is -2.31.